The highest BCUT2D eigenvalue weighted by molar-refractivity contribution is 6.31. The van der Waals surface area contributed by atoms with Gasteiger partial charge in [0.2, 0.25) is 0 Å². The van der Waals surface area contributed by atoms with E-state index in [4.69, 9.17) is 17.3 Å². The minimum atomic E-state index is -0.130. The summed E-state index contributed by atoms with van der Waals surface area (Å²) in [6, 6.07) is 5.19. The summed E-state index contributed by atoms with van der Waals surface area (Å²) in [6.07, 6.45) is 5.31. The molecule has 0 fully saturated rings. The van der Waals surface area contributed by atoms with E-state index in [2.05, 4.69) is 19.2 Å². The smallest absolute Gasteiger partial charge is 0.253 e. The van der Waals surface area contributed by atoms with Crippen molar-refractivity contribution >= 4 is 23.2 Å². The molecule has 1 amide bonds. The Kier molecular flexibility index (Phi) is 6.71. The molecule has 0 saturated carbocycles. The molecule has 0 saturated heterocycles. The molecule has 1 aromatic carbocycles. The van der Waals surface area contributed by atoms with E-state index in [1.54, 1.807) is 18.2 Å². The fourth-order valence-corrected chi connectivity index (χ4v) is 2.25. The summed E-state index contributed by atoms with van der Waals surface area (Å²) in [4.78, 5) is 12.2. The quantitative estimate of drug-likeness (QED) is 0.743. The van der Waals surface area contributed by atoms with E-state index in [0.717, 1.165) is 32.1 Å². The lowest BCUT2D eigenvalue weighted by Gasteiger charge is -2.18. The largest absolute Gasteiger partial charge is 0.398 e. The number of anilines is 1. The zero-order valence-corrected chi connectivity index (χ0v) is 12.5. The predicted octanol–water partition coefficient (Wildman–Crippen LogP) is 4.01. The first-order chi connectivity index (χ1) is 9.08. The van der Waals surface area contributed by atoms with Crippen molar-refractivity contribution in [2.75, 3.05) is 5.73 Å². The van der Waals surface area contributed by atoms with Gasteiger partial charge in [-0.25, -0.2) is 0 Å². The molecule has 1 atom stereocenters. The summed E-state index contributed by atoms with van der Waals surface area (Å²) < 4.78 is 0. The number of benzene rings is 1. The number of unbranched alkanes of at least 4 members (excludes halogenated alkanes) is 1. The molecule has 0 spiro atoms. The molecular formula is C15H23ClN2O. The van der Waals surface area contributed by atoms with Gasteiger partial charge < -0.3 is 11.1 Å². The van der Waals surface area contributed by atoms with Crippen LogP contribution in [0.3, 0.4) is 0 Å². The lowest BCUT2D eigenvalue weighted by molar-refractivity contribution is 0.0933. The lowest BCUT2D eigenvalue weighted by atomic mass is 10.0. The number of carbonyl (C=O) groups excluding carboxylic acids is 1. The number of hydrogen-bond donors (Lipinski definition) is 2. The summed E-state index contributed by atoms with van der Waals surface area (Å²) in [5.41, 5.74) is 6.75. The number of hydrogen-bond acceptors (Lipinski definition) is 2. The van der Waals surface area contributed by atoms with Crippen molar-refractivity contribution in [3.63, 3.8) is 0 Å². The highest BCUT2D eigenvalue weighted by Crippen LogP contribution is 2.18. The van der Waals surface area contributed by atoms with Crippen LogP contribution in [-0.4, -0.2) is 11.9 Å². The van der Waals surface area contributed by atoms with Crippen LogP contribution < -0.4 is 11.1 Å². The Morgan fingerprint density at radius 2 is 2.05 bits per heavy atom. The molecule has 0 aromatic heterocycles. The van der Waals surface area contributed by atoms with Crippen LogP contribution in [0, 0.1) is 0 Å². The average molecular weight is 283 g/mol. The first-order valence-corrected chi connectivity index (χ1v) is 7.32. The van der Waals surface area contributed by atoms with Crippen LogP contribution in [0.5, 0.6) is 0 Å². The SMILES string of the molecule is CCCCC(CCC)NC(=O)c1cc(Cl)ccc1N. The summed E-state index contributed by atoms with van der Waals surface area (Å²) >= 11 is 5.91. The van der Waals surface area contributed by atoms with Crippen LogP contribution >= 0.6 is 11.6 Å². The molecule has 3 N–H and O–H groups in total. The van der Waals surface area contributed by atoms with Crippen molar-refractivity contribution in [3.8, 4) is 0 Å². The number of carbonyl (C=O) groups is 1. The average Bonchev–Trinajstić information content (AvgIpc) is 2.39. The lowest BCUT2D eigenvalue weighted by Crippen LogP contribution is -2.35. The third-order valence-electron chi connectivity index (χ3n) is 3.14. The van der Waals surface area contributed by atoms with E-state index in [1.165, 1.54) is 0 Å². The highest BCUT2D eigenvalue weighted by Gasteiger charge is 2.15. The van der Waals surface area contributed by atoms with E-state index < -0.39 is 0 Å². The molecule has 1 rings (SSSR count). The molecule has 0 bridgehead atoms. The van der Waals surface area contributed by atoms with Crippen LogP contribution in [0.4, 0.5) is 5.69 Å². The van der Waals surface area contributed by atoms with Crippen LogP contribution in [0.2, 0.25) is 5.02 Å². The van der Waals surface area contributed by atoms with E-state index in [1.807, 2.05) is 0 Å². The molecule has 106 valence electrons. The van der Waals surface area contributed by atoms with Gasteiger partial charge in [0, 0.05) is 16.8 Å². The molecule has 19 heavy (non-hydrogen) atoms. The van der Waals surface area contributed by atoms with Crippen molar-refractivity contribution in [2.24, 2.45) is 0 Å². The predicted molar refractivity (Wildman–Crippen MR) is 81.6 cm³/mol. The Labute approximate surface area is 120 Å². The first-order valence-electron chi connectivity index (χ1n) is 6.94. The van der Waals surface area contributed by atoms with Gasteiger partial charge >= 0.3 is 0 Å². The van der Waals surface area contributed by atoms with Gasteiger partial charge in [-0.2, -0.15) is 0 Å². The van der Waals surface area contributed by atoms with Crippen LogP contribution in [-0.2, 0) is 0 Å². The number of nitrogens with one attached hydrogen (secondary N) is 1. The minimum Gasteiger partial charge on any atom is -0.398 e. The van der Waals surface area contributed by atoms with Gasteiger partial charge in [0.1, 0.15) is 0 Å². The normalized spacial score (nSPS) is 12.2. The second-order valence-corrected chi connectivity index (χ2v) is 5.27. The second kappa shape index (κ2) is 8.05. The van der Waals surface area contributed by atoms with Crippen LogP contribution in [0.15, 0.2) is 18.2 Å². The molecule has 4 heteroatoms. The van der Waals surface area contributed by atoms with Crippen molar-refractivity contribution in [1.29, 1.82) is 0 Å². The molecule has 1 unspecified atom stereocenters. The van der Waals surface area contributed by atoms with Gasteiger partial charge in [0.15, 0.2) is 0 Å². The van der Waals surface area contributed by atoms with Gasteiger partial charge in [-0.15, -0.1) is 0 Å². The summed E-state index contributed by atoms with van der Waals surface area (Å²) in [5, 5.41) is 3.59. The van der Waals surface area contributed by atoms with Gasteiger partial charge in [-0.1, -0.05) is 44.7 Å². The zero-order chi connectivity index (χ0) is 14.3. The summed E-state index contributed by atoms with van der Waals surface area (Å²) in [7, 11) is 0. The Balaban J connectivity index is 2.72. The third-order valence-corrected chi connectivity index (χ3v) is 3.37. The Morgan fingerprint density at radius 3 is 2.68 bits per heavy atom. The number of nitrogens with two attached hydrogens (primary N) is 1. The maximum absolute atomic E-state index is 12.2. The second-order valence-electron chi connectivity index (χ2n) is 4.83. The summed E-state index contributed by atoms with van der Waals surface area (Å²) in [5.74, 6) is -0.130. The molecule has 3 nitrogen and oxygen atoms in total. The van der Waals surface area contributed by atoms with E-state index in [0.29, 0.717) is 16.3 Å². The van der Waals surface area contributed by atoms with Crippen molar-refractivity contribution in [2.45, 2.75) is 52.0 Å². The van der Waals surface area contributed by atoms with Crippen molar-refractivity contribution in [3.05, 3.63) is 28.8 Å². The Hall–Kier alpha value is -1.22. The molecule has 0 aliphatic rings. The van der Waals surface area contributed by atoms with Crippen LogP contribution in [0.1, 0.15) is 56.3 Å². The number of rotatable bonds is 7. The Bertz CT molecular complexity index is 421. The van der Waals surface area contributed by atoms with E-state index >= 15 is 0 Å². The molecule has 0 heterocycles. The van der Waals surface area contributed by atoms with Gasteiger partial charge in [-0.3, -0.25) is 4.79 Å². The zero-order valence-electron chi connectivity index (χ0n) is 11.7. The molecule has 1 aromatic rings. The fraction of sp³-hybridized carbons (Fsp3) is 0.533. The number of nitrogen functional groups attached to an aromatic ring is 1. The van der Waals surface area contributed by atoms with E-state index in [-0.39, 0.29) is 11.9 Å². The third kappa shape index (κ3) is 5.11. The summed E-state index contributed by atoms with van der Waals surface area (Å²) in [6.45, 7) is 4.28. The van der Waals surface area contributed by atoms with Crippen molar-refractivity contribution < 1.29 is 4.79 Å². The minimum absolute atomic E-state index is 0.130. The molecule has 0 aliphatic heterocycles. The molecular weight excluding hydrogens is 260 g/mol. The maximum atomic E-state index is 12.2. The topological polar surface area (TPSA) is 55.1 Å². The highest BCUT2D eigenvalue weighted by atomic mass is 35.5. The fourth-order valence-electron chi connectivity index (χ4n) is 2.08. The van der Waals surface area contributed by atoms with Gasteiger partial charge in [0.05, 0.1) is 5.56 Å². The monoisotopic (exact) mass is 282 g/mol. The van der Waals surface area contributed by atoms with E-state index in [9.17, 15) is 4.79 Å². The van der Waals surface area contributed by atoms with Crippen LogP contribution in [0.25, 0.3) is 0 Å². The Morgan fingerprint density at radius 1 is 1.32 bits per heavy atom. The molecule has 0 aliphatic carbocycles. The number of amides is 1. The van der Waals surface area contributed by atoms with Gasteiger partial charge in [0.25, 0.3) is 5.91 Å². The number of halogens is 1. The molecule has 0 radical (unpaired) electrons. The van der Waals surface area contributed by atoms with Gasteiger partial charge in [-0.05, 0) is 31.0 Å². The maximum Gasteiger partial charge on any atom is 0.253 e. The van der Waals surface area contributed by atoms with Crippen molar-refractivity contribution in [1.82, 2.24) is 5.32 Å². The first kappa shape index (κ1) is 15.8. The standard InChI is InChI=1S/C15H23ClN2O/c1-3-5-7-12(6-4-2)18-15(19)13-10-11(16)8-9-14(13)17/h8-10,12H,3-7,17H2,1-2H3,(H,18,19).